The molecule has 2 heterocycles. The fourth-order valence-electron chi connectivity index (χ4n) is 3.35. The van der Waals surface area contributed by atoms with Crippen LogP contribution in [-0.4, -0.2) is 21.1 Å². The average molecular weight is 418 g/mol. The molecule has 1 aromatic carbocycles. The number of anilines is 1. The van der Waals surface area contributed by atoms with Gasteiger partial charge in [0, 0.05) is 21.0 Å². The van der Waals surface area contributed by atoms with Gasteiger partial charge in [-0.25, -0.2) is 9.97 Å². The fourth-order valence-corrected chi connectivity index (χ4v) is 5.76. The van der Waals surface area contributed by atoms with Gasteiger partial charge in [0.2, 0.25) is 5.91 Å². The monoisotopic (exact) mass is 417 g/mol. The van der Waals surface area contributed by atoms with Gasteiger partial charge in [-0.05, 0) is 62.8 Å². The van der Waals surface area contributed by atoms with E-state index in [1.54, 1.807) is 17.7 Å². The molecular formula is C20H20ClN3OS2. The van der Waals surface area contributed by atoms with Crippen molar-refractivity contribution in [2.75, 3.05) is 5.32 Å². The lowest BCUT2D eigenvalue weighted by molar-refractivity contribution is -0.115. The molecule has 0 spiro atoms. The molecule has 27 heavy (non-hydrogen) atoms. The van der Waals surface area contributed by atoms with Crippen LogP contribution >= 0.6 is 34.7 Å². The molecule has 1 aliphatic carbocycles. The highest BCUT2D eigenvalue weighted by atomic mass is 35.5. The third-order valence-corrected chi connectivity index (χ3v) is 7.61. The smallest absolute Gasteiger partial charge is 0.237 e. The van der Waals surface area contributed by atoms with E-state index < -0.39 is 0 Å². The van der Waals surface area contributed by atoms with Crippen LogP contribution in [0.2, 0.25) is 5.02 Å². The largest absolute Gasteiger partial charge is 0.325 e. The van der Waals surface area contributed by atoms with Crippen molar-refractivity contribution in [2.45, 2.75) is 49.8 Å². The first kappa shape index (κ1) is 18.7. The van der Waals surface area contributed by atoms with Crippen molar-refractivity contribution >= 4 is 56.5 Å². The summed E-state index contributed by atoms with van der Waals surface area (Å²) in [7, 11) is 0. The maximum Gasteiger partial charge on any atom is 0.237 e. The van der Waals surface area contributed by atoms with E-state index in [4.69, 9.17) is 11.6 Å². The SMILES string of the molecule is Cc1c(Cl)cccc1NC(=O)C(C)Sc1ncnc2sc3c(c12)CCCC3. The predicted octanol–water partition coefficient (Wildman–Crippen LogP) is 5.65. The molecule has 0 radical (unpaired) electrons. The zero-order valence-corrected chi connectivity index (χ0v) is 17.6. The number of hydrogen-bond acceptors (Lipinski definition) is 5. The number of hydrogen-bond donors (Lipinski definition) is 1. The van der Waals surface area contributed by atoms with Crippen molar-refractivity contribution in [3.63, 3.8) is 0 Å². The van der Waals surface area contributed by atoms with Gasteiger partial charge in [0.15, 0.2) is 0 Å². The molecule has 0 saturated carbocycles. The first-order valence-electron chi connectivity index (χ1n) is 9.02. The molecule has 7 heteroatoms. The van der Waals surface area contributed by atoms with E-state index in [0.717, 1.165) is 39.3 Å². The maximum absolute atomic E-state index is 12.7. The van der Waals surface area contributed by atoms with E-state index in [1.165, 1.54) is 35.0 Å². The van der Waals surface area contributed by atoms with Gasteiger partial charge in [-0.3, -0.25) is 4.79 Å². The highest BCUT2D eigenvalue weighted by Crippen LogP contribution is 2.40. The van der Waals surface area contributed by atoms with Crippen LogP contribution in [0.25, 0.3) is 10.2 Å². The molecule has 0 bridgehead atoms. The molecule has 1 amide bonds. The number of aromatic nitrogens is 2. The molecule has 4 nitrogen and oxygen atoms in total. The number of amides is 1. The van der Waals surface area contributed by atoms with Crippen LogP contribution in [0.4, 0.5) is 5.69 Å². The van der Waals surface area contributed by atoms with Gasteiger partial charge < -0.3 is 5.32 Å². The van der Waals surface area contributed by atoms with Crippen molar-refractivity contribution in [3.8, 4) is 0 Å². The molecular weight excluding hydrogens is 398 g/mol. The third-order valence-electron chi connectivity index (χ3n) is 4.90. The molecule has 1 aliphatic rings. The van der Waals surface area contributed by atoms with Gasteiger partial charge in [0.05, 0.1) is 5.25 Å². The summed E-state index contributed by atoms with van der Waals surface area (Å²) in [5, 5.41) is 5.42. The van der Waals surface area contributed by atoms with E-state index >= 15 is 0 Å². The molecule has 1 unspecified atom stereocenters. The summed E-state index contributed by atoms with van der Waals surface area (Å²) in [5.41, 5.74) is 3.02. The molecule has 0 saturated heterocycles. The average Bonchev–Trinajstić information content (AvgIpc) is 3.05. The normalized spacial score (nSPS) is 14.8. The minimum atomic E-state index is -0.277. The van der Waals surface area contributed by atoms with Crippen LogP contribution in [0.5, 0.6) is 0 Å². The van der Waals surface area contributed by atoms with Crippen LogP contribution in [0.15, 0.2) is 29.6 Å². The van der Waals surface area contributed by atoms with E-state index in [-0.39, 0.29) is 11.2 Å². The van der Waals surface area contributed by atoms with Crippen LogP contribution in [-0.2, 0) is 17.6 Å². The lowest BCUT2D eigenvalue weighted by atomic mass is 9.97. The number of rotatable bonds is 4. The van der Waals surface area contributed by atoms with Crippen molar-refractivity contribution in [2.24, 2.45) is 0 Å². The number of carbonyl (C=O) groups excluding carboxylic acids is 1. The van der Waals surface area contributed by atoms with E-state index in [0.29, 0.717) is 5.02 Å². The van der Waals surface area contributed by atoms with Crippen LogP contribution in [0, 0.1) is 6.92 Å². The number of thioether (sulfide) groups is 1. The van der Waals surface area contributed by atoms with Crippen molar-refractivity contribution in [3.05, 3.63) is 45.6 Å². The number of aryl methyl sites for hydroxylation is 2. The summed E-state index contributed by atoms with van der Waals surface area (Å²) in [5.74, 6) is -0.0544. The first-order chi connectivity index (χ1) is 13.0. The van der Waals surface area contributed by atoms with Crippen molar-refractivity contribution in [1.29, 1.82) is 0 Å². The Kier molecular flexibility index (Phi) is 5.39. The molecule has 0 aliphatic heterocycles. The second kappa shape index (κ2) is 7.78. The van der Waals surface area contributed by atoms with Gasteiger partial charge >= 0.3 is 0 Å². The summed E-state index contributed by atoms with van der Waals surface area (Å²) in [4.78, 5) is 24.2. The Morgan fingerprint density at radius 3 is 2.96 bits per heavy atom. The van der Waals surface area contributed by atoms with Gasteiger partial charge in [-0.1, -0.05) is 29.4 Å². The molecule has 4 rings (SSSR count). The Labute approximate surface area is 171 Å². The Hall–Kier alpha value is -1.63. The summed E-state index contributed by atoms with van der Waals surface area (Å²) in [6, 6.07) is 5.53. The fraction of sp³-hybridized carbons (Fsp3) is 0.350. The third kappa shape index (κ3) is 3.71. The molecule has 1 atom stereocenters. The molecule has 2 aromatic heterocycles. The zero-order chi connectivity index (χ0) is 19.0. The lowest BCUT2D eigenvalue weighted by Gasteiger charge is -2.15. The van der Waals surface area contributed by atoms with Gasteiger partial charge in [-0.15, -0.1) is 11.3 Å². The van der Waals surface area contributed by atoms with Gasteiger partial charge in [0.1, 0.15) is 16.2 Å². The van der Waals surface area contributed by atoms with E-state index in [9.17, 15) is 4.79 Å². The van der Waals surface area contributed by atoms with Crippen LogP contribution in [0.3, 0.4) is 0 Å². The quantitative estimate of drug-likeness (QED) is 0.440. The lowest BCUT2D eigenvalue weighted by Crippen LogP contribution is -2.23. The number of benzene rings is 1. The van der Waals surface area contributed by atoms with Gasteiger partial charge in [-0.2, -0.15) is 0 Å². The highest BCUT2D eigenvalue weighted by Gasteiger charge is 2.23. The Bertz CT molecular complexity index is 1020. The number of halogens is 1. The second-order valence-corrected chi connectivity index (χ2v) is 9.55. The first-order valence-corrected chi connectivity index (χ1v) is 11.1. The number of nitrogens with zero attached hydrogens (tertiary/aromatic N) is 2. The molecule has 3 aromatic rings. The summed E-state index contributed by atoms with van der Waals surface area (Å²) < 4.78 is 0. The molecule has 140 valence electrons. The van der Waals surface area contributed by atoms with E-state index in [1.807, 2.05) is 32.0 Å². The second-order valence-electron chi connectivity index (χ2n) is 6.73. The minimum absolute atomic E-state index is 0.0544. The number of carbonyl (C=O) groups is 1. The standard InChI is InChI=1S/C20H20ClN3OS2/c1-11-14(21)7-5-8-15(11)24-18(25)12(2)26-19-17-13-6-3-4-9-16(13)27-20(17)23-10-22-19/h5,7-8,10,12H,3-4,6,9H2,1-2H3,(H,24,25). The number of nitrogens with one attached hydrogen (secondary N) is 1. The Morgan fingerprint density at radius 1 is 1.30 bits per heavy atom. The molecule has 1 N–H and O–H groups in total. The van der Waals surface area contributed by atoms with E-state index in [2.05, 4.69) is 15.3 Å². The van der Waals surface area contributed by atoms with Crippen LogP contribution < -0.4 is 5.32 Å². The predicted molar refractivity (Wildman–Crippen MR) is 114 cm³/mol. The number of fused-ring (bicyclic) bond motifs is 3. The van der Waals surface area contributed by atoms with Crippen molar-refractivity contribution in [1.82, 2.24) is 9.97 Å². The summed E-state index contributed by atoms with van der Waals surface area (Å²) >= 11 is 9.43. The zero-order valence-electron chi connectivity index (χ0n) is 15.2. The van der Waals surface area contributed by atoms with Gasteiger partial charge in [0.25, 0.3) is 0 Å². The maximum atomic E-state index is 12.7. The Balaban J connectivity index is 1.57. The van der Waals surface area contributed by atoms with Crippen LogP contribution in [0.1, 0.15) is 35.8 Å². The topological polar surface area (TPSA) is 54.9 Å². The number of thiophene rings is 1. The molecule has 0 fully saturated rings. The van der Waals surface area contributed by atoms with Crippen molar-refractivity contribution < 1.29 is 4.79 Å². The summed E-state index contributed by atoms with van der Waals surface area (Å²) in [6.45, 7) is 3.81. The minimum Gasteiger partial charge on any atom is -0.325 e. The summed E-state index contributed by atoms with van der Waals surface area (Å²) in [6.07, 6.45) is 6.27. The Morgan fingerprint density at radius 2 is 2.11 bits per heavy atom. The highest BCUT2D eigenvalue weighted by molar-refractivity contribution is 8.00.